The smallest absolute Gasteiger partial charge is 0.332 e. The largest absolute Gasteiger partial charge is 0.508 e. The number of anilines is 1. The highest BCUT2D eigenvalue weighted by atomic mass is 16.6. The second-order valence-electron chi connectivity index (χ2n) is 5.45. The molecule has 1 aliphatic heterocycles. The first-order valence-corrected chi connectivity index (χ1v) is 7.23. The van der Waals surface area contributed by atoms with Gasteiger partial charge in [-0.2, -0.15) is 0 Å². The summed E-state index contributed by atoms with van der Waals surface area (Å²) in [6.07, 6.45) is 2.84. The van der Waals surface area contributed by atoms with Gasteiger partial charge in [0.2, 0.25) is 5.91 Å². The van der Waals surface area contributed by atoms with Gasteiger partial charge in [0.1, 0.15) is 11.5 Å². The van der Waals surface area contributed by atoms with E-state index in [-0.39, 0.29) is 17.4 Å². The SMILES string of the molecule is CC(=O)Nc1ccc(C2(c3ccc(O)cc3O)C=CC(=O)O2)cc1. The fourth-order valence-electron chi connectivity index (χ4n) is 2.71. The summed E-state index contributed by atoms with van der Waals surface area (Å²) in [4.78, 5) is 22.8. The first-order chi connectivity index (χ1) is 11.4. The van der Waals surface area contributed by atoms with Crippen LogP contribution in [-0.4, -0.2) is 22.1 Å². The lowest BCUT2D eigenvalue weighted by atomic mass is 9.85. The average Bonchev–Trinajstić information content (AvgIpc) is 2.90. The molecule has 0 saturated carbocycles. The molecule has 0 saturated heterocycles. The van der Waals surface area contributed by atoms with E-state index in [0.29, 0.717) is 16.8 Å². The van der Waals surface area contributed by atoms with E-state index >= 15 is 0 Å². The van der Waals surface area contributed by atoms with E-state index in [1.807, 2.05) is 0 Å². The van der Waals surface area contributed by atoms with Crippen LogP contribution in [0.2, 0.25) is 0 Å². The van der Waals surface area contributed by atoms with E-state index in [1.165, 1.54) is 31.2 Å². The molecule has 0 fully saturated rings. The predicted octanol–water partition coefficient (Wildman–Crippen LogP) is 2.41. The molecular formula is C18H15NO5. The van der Waals surface area contributed by atoms with E-state index in [0.717, 1.165) is 0 Å². The molecule has 0 aromatic heterocycles. The molecule has 1 atom stereocenters. The van der Waals surface area contributed by atoms with Crippen LogP contribution >= 0.6 is 0 Å². The minimum absolute atomic E-state index is 0.0966. The van der Waals surface area contributed by atoms with E-state index in [1.54, 1.807) is 30.3 Å². The van der Waals surface area contributed by atoms with Gasteiger partial charge in [-0.1, -0.05) is 12.1 Å². The lowest BCUT2D eigenvalue weighted by molar-refractivity contribution is -0.143. The standard InChI is InChI=1S/C18H15NO5/c1-11(20)19-13-4-2-12(3-5-13)18(9-8-17(23)24-18)15-7-6-14(21)10-16(15)22/h2-10,21-22H,1H3,(H,19,20). The number of phenolic OH excluding ortho intramolecular Hbond substituents is 2. The summed E-state index contributed by atoms with van der Waals surface area (Å²) in [6.45, 7) is 1.41. The highest BCUT2D eigenvalue weighted by Crippen LogP contribution is 2.43. The molecule has 6 heteroatoms. The first kappa shape index (κ1) is 15.6. The Morgan fingerprint density at radius 3 is 2.38 bits per heavy atom. The van der Waals surface area contributed by atoms with Gasteiger partial charge in [0.05, 0.1) is 0 Å². The number of phenols is 2. The summed E-state index contributed by atoms with van der Waals surface area (Å²) in [7, 11) is 0. The molecule has 122 valence electrons. The maximum absolute atomic E-state index is 11.7. The van der Waals surface area contributed by atoms with Crippen molar-refractivity contribution < 1.29 is 24.5 Å². The average molecular weight is 325 g/mol. The Morgan fingerprint density at radius 1 is 1.12 bits per heavy atom. The van der Waals surface area contributed by atoms with Crippen LogP contribution < -0.4 is 5.32 Å². The molecular weight excluding hydrogens is 310 g/mol. The van der Waals surface area contributed by atoms with Crippen LogP contribution in [0, 0.1) is 0 Å². The summed E-state index contributed by atoms with van der Waals surface area (Å²) in [6, 6.07) is 10.8. The highest BCUT2D eigenvalue weighted by molar-refractivity contribution is 5.89. The number of carbonyl (C=O) groups is 2. The highest BCUT2D eigenvalue weighted by Gasteiger charge is 2.41. The summed E-state index contributed by atoms with van der Waals surface area (Å²) >= 11 is 0. The molecule has 2 aromatic carbocycles. The van der Waals surface area contributed by atoms with Crippen LogP contribution in [0.5, 0.6) is 11.5 Å². The van der Waals surface area contributed by atoms with Gasteiger partial charge in [-0.05, 0) is 30.3 Å². The van der Waals surface area contributed by atoms with Gasteiger partial charge in [0, 0.05) is 35.9 Å². The minimum atomic E-state index is -1.29. The first-order valence-electron chi connectivity index (χ1n) is 7.23. The third-order valence-electron chi connectivity index (χ3n) is 3.73. The molecule has 0 radical (unpaired) electrons. The molecule has 6 nitrogen and oxygen atoms in total. The molecule has 24 heavy (non-hydrogen) atoms. The zero-order chi connectivity index (χ0) is 17.3. The Kier molecular flexibility index (Phi) is 3.73. The van der Waals surface area contributed by atoms with Crippen molar-refractivity contribution in [2.24, 2.45) is 0 Å². The third-order valence-corrected chi connectivity index (χ3v) is 3.73. The number of aromatic hydroxyl groups is 2. The van der Waals surface area contributed by atoms with Gasteiger partial charge < -0.3 is 20.3 Å². The van der Waals surface area contributed by atoms with Crippen LogP contribution in [0.25, 0.3) is 0 Å². The summed E-state index contributed by atoms with van der Waals surface area (Å²) in [5, 5.41) is 22.3. The van der Waals surface area contributed by atoms with Crippen molar-refractivity contribution >= 4 is 17.6 Å². The Labute approximate surface area is 138 Å². The Bertz CT molecular complexity index is 841. The molecule has 1 amide bonds. The molecule has 0 aliphatic carbocycles. The number of hydrogen-bond acceptors (Lipinski definition) is 5. The number of amides is 1. The van der Waals surface area contributed by atoms with E-state index < -0.39 is 11.6 Å². The Hall–Kier alpha value is -3.28. The molecule has 1 aliphatic rings. The molecule has 1 unspecified atom stereocenters. The molecule has 1 heterocycles. The lowest BCUT2D eigenvalue weighted by Gasteiger charge is -2.28. The van der Waals surface area contributed by atoms with Crippen LogP contribution in [0.4, 0.5) is 5.69 Å². The van der Waals surface area contributed by atoms with E-state index in [2.05, 4.69) is 5.32 Å². The van der Waals surface area contributed by atoms with Gasteiger partial charge >= 0.3 is 5.97 Å². The molecule has 3 N–H and O–H groups in total. The van der Waals surface area contributed by atoms with E-state index in [9.17, 15) is 19.8 Å². The molecule has 3 rings (SSSR count). The topological polar surface area (TPSA) is 95.9 Å². The Balaban J connectivity index is 2.09. The monoisotopic (exact) mass is 325 g/mol. The van der Waals surface area contributed by atoms with Crippen molar-refractivity contribution in [3.8, 4) is 11.5 Å². The quantitative estimate of drug-likeness (QED) is 0.753. The van der Waals surface area contributed by atoms with Crippen molar-refractivity contribution in [1.82, 2.24) is 0 Å². The van der Waals surface area contributed by atoms with Crippen LogP contribution in [0.3, 0.4) is 0 Å². The van der Waals surface area contributed by atoms with Crippen LogP contribution in [0.1, 0.15) is 18.1 Å². The van der Waals surface area contributed by atoms with E-state index in [4.69, 9.17) is 4.74 Å². The van der Waals surface area contributed by atoms with Crippen molar-refractivity contribution in [2.45, 2.75) is 12.5 Å². The minimum Gasteiger partial charge on any atom is -0.508 e. The number of hydrogen-bond donors (Lipinski definition) is 3. The van der Waals surface area contributed by atoms with Crippen LogP contribution in [0.15, 0.2) is 54.6 Å². The summed E-state index contributed by atoms with van der Waals surface area (Å²) in [5.74, 6) is -1.02. The lowest BCUT2D eigenvalue weighted by Crippen LogP contribution is -2.27. The number of esters is 1. The second-order valence-corrected chi connectivity index (χ2v) is 5.45. The van der Waals surface area contributed by atoms with Crippen molar-refractivity contribution in [3.05, 3.63) is 65.7 Å². The number of rotatable bonds is 3. The van der Waals surface area contributed by atoms with Gasteiger partial charge in [0.25, 0.3) is 0 Å². The Morgan fingerprint density at radius 2 is 1.83 bits per heavy atom. The maximum Gasteiger partial charge on any atom is 0.332 e. The van der Waals surface area contributed by atoms with Gasteiger partial charge in [-0.3, -0.25) is 4.79 Å². The third kappa shape index (κ3) is 2.69. The van der Waals surface area contributed by atoms with Gasteiger partial charge in [-0.15, -0.1) is 0 Å². The molecule has 2 aromatic rings. The second kappa shape index (κ2) is 5.73. The zero-order valence-electron chi connectivity index (χ0n) is 12.8. The molecule has 0 spiro atoms. The summed E-state index contributed by atoms with van der Waals surface area (Å²) in [5.41, 5.74) is 0.239. The fourth-order valence-corrected chi connectivity index (χ4v) is 2.71. The number of benzene rings is 2. The number of ether oxygens (including phenoxy) is 1. The van der Waals surface area contributed by atoms with Crippen molar-refractivity contribution in [2.75, 3.05) is 5.32 Å². The normalized spacial score (nSPS) is 19.1. The zero-order valence-corrected chi connectivity index (χ0v) is 12.8. The van der Waals surface area contributed by atoms with Gasteiger partial charge in [-0.25, -0.2) is 4.79 Å². The van der Waals surface area contributed by atoms with Crippen LogP contribution in [-0.2, 0) is 19.9 Å². The van der Waals surface area contributed by atoms with Crippen molar-refractivity contribution in [3.63, 3.8) is 0 Å². The fraction of sp³-hybridized carbons (Fsp3) is 0.111. The summed E-state index contributed by atoms with van der Waals surface area (Å²) < 4.78 is 5.48. The maximum atomic E-state index is 11.7. The molecule has 0 bridgehead atoms. The van der Waals surface area contributed by atoms with Gasteiger partial charge in [0.15, 0.2) is 5.60 Å². The number of cyclic esters (lactones) is 1. The predicted molar refractivity (Wildman–Crippen MR) is 86.5 cm³/mol. The van der Waals surface area contributed by atoms with Crippen molar-refractivity contribution in [1.29, 1.82) is 0 Å². The number of nitrogens with one attached hydrogen (secondary N) is 1. The number of carbonyl (C=O) groups excluding carboxylic acids is 2.